The molecule has 0 atom stereocenters. The van der Waals surface area contributed by atoms with E-state index in [0.29, 0.717) is 17.6 Å². The number of anilines is 1. The highest BCUT2D eigenvalue weighted by molar-refractivity contribution is 7.99. The van der Waals surface area contributed by atoms with Crippen molar-refractivity contribution in [3.05, 3.63) is 16.4 Å². The average molecular weight is 310 g/mol. The van der Waals surface area contributed by atoms with E-state index in [1.807, 2.05) is 0 Å². The van der Waals surface area contributed by atoms with Gasteiger partial charge in [0.2, 0.25) is 5.91 Å². The van der Waals surface area contributed by atoms with E-state index in [4.69, 9.17) is 5.73 Å². The minimum Gasteiger partial charge on any atom is -0.383 e. The molecule has 0 saturated heterocycles. The van der Waals surface area contributed by atoms with Crippen LogP contribution in [0.2, 0.25) is 0 Å². The van der Waals surface area contributed by atoms with Gasteiger partial charge in [-0.05, 0) is 19.3 Å². The predicted molar refractivity (Wildman–Crippen MR) is 84.2 cm³/mol. The van der Waals surface area contributed by atoms with Crippen LogP contribution in [0.5, 0.6) is 0 Å². The second-order valence-corrected chi connectivity index (χ2v) is 6.41. The minimum absolute atomic E-state index is 0.122. The van der Waals surface area contributed by atoms with E-state index in [1.54, 1.807) is 0 Å². The molecule has 0 aliphatic heterocycles. The molecule has 0 bridgehead atoms. The molecule has 1 aromatic rings. The van der Waals surface area contributed by atoms with Gasteiger partial charge in [-0.25, -0.2) is 4.98 Å². The number of hydrogen-bond acceptors (Lipinski definition) is 5. The molecular weight excluding hydrogens is 288 g/mol. The lowest BCUT2D eigenvalue weighted by molar-refractivity contribution is -0.122. The number of rotatable bonds is 6. The monoisotopic (exact) mass is 310 g/mol. The van der Waals surface area contributed by atoms with E-state index in [1.165, 1.54) is 37.1 Å². The molecule has 0 aromatic carbocycles. The summed E-state index contributed by atoms with van der Waals surface area (Å²) in [6, 6.07) is 1.62. The first-order valence-electron chi connectivity index (χ1n) is 7.42. The molecule has 1 heterocycles. The van der Waals surface area contributed by atoms with Crippen LogP contribution in [0.4, 0.5) is 5.82 Å². The second kappa shape index (κ2) is 8.07. The molecule has 0 radical (unpaired) electrons. The Morgan fingerprint density at radius 3 is 2.90 bits per heavy atom. The summed E-state index contributed by atoms with van der Waals surface area (Å²) in [6.07, 6.45) is 7.20. The molecule has 1 fully saturated rings. The number of nitrogens with zero attached hydrogens (tertiary/aromatic N) is 1. The zero-order valence-corrected chi connectivity index (χ0v) is 12.9. The largest absolute Gasteiger partial charge is 0.383 e. The van der Waals surface area contributed by atoms with Crippen molar-refractivity contribution in [1.29, 1.82) is 0 Å². The summed E-state index contributed by atoms with van der Waals surface area (Å²) in [5, 5.41) is 3.60. The number of hydrogen-bond donors (Lipinski definition) is 3. The van der Waals surface area contributed by atoms with Gasteiger partial charge in [-0.2, -0.15) is 0 Å². The van der Waals surface area contributed by atoms with Gasteiger partial charge in [0.15, 0.2) is 5.16 Å². The molecule has 1 aliphatic carbocycles. The van der Waals surface area contributed by atoms with E-state index < -0.39 is 0 Å². The number of nitrogen functional groups attached to an aromatic ring is 1. The Morgan fingerprint density at radius 1 is 1.43 bits per heavy atom. The SMILES string of the molecule is Nc1cc(=O)[nH]c(SCCCC(=O)NC2CCCCC2)n1. The molecule has 7 heteroatoms. The molecule has 1 amide bonds. The number of carbonyl (C=O) groups is 1. The molecule has 1 aromatic heterocycles. The summed E-state index contributed by atoms with van der Waals surface area (Å²) >= 11 is 1.41. The normalized spacial score (nSPS) is 15.8. The summed E-state index contributed by atoms with van der Waals surface area (Å²) < 4.78 is 0. The van der Waals surface area contributed by atoms with Crippen LogP contribution in [-0.2, 0) is 4.79 Å². The Labute approximate surface area is 128 Å². The van der Waals surface area contributed by atoms with Crippen LogP contribution >= 0.6 is 11.8 Å². The highest BCUT2D eigenvalue weighted by Crippen LogP contribution is 2.18. The highest BCUT2D eigenvalue weighted by atomic mass is 32.2. The van der Waals surface area contributed by atoms with Crippen LogP contribution in [0.1, 0.15) is 44.9 Å². The quantitative estimate of drug-likeness (QED) is 0.421. The molecule has 116 valence electrons. The number of H-pyrrole nitrogens is 1. The zero-order chi connectivity index (χ0) is 15.1. The number of aromatic amines is 1. The van der Waals surface area contributed by atoms with Crippen LogP contribution in [-0.4, -0.2) is 27.7 Å². The maximum absolute atomic E-state index is 11.8. The lowest BCUT2D eigenvalue weighted by atomic mass is 9.95. The fourth-order valence-electron chi connectivity index (χ4n) is 2.47. The molecule has 6 nitrogen and oxygen atoms in total. The van der Waals surface area contributed by atoms with E-state index in [0.717, 1.165) is 25.0 Å². The molecule has 21 heavy (non-hydrogen) atoms. The van der Waals surface area contributed by atoms with E-state index in [9.17, 15) is 9.59 Å². The summed E-state index contributed by atoms with van der Waals surface area (Å²) in [5.41, 5.74) is 5.26. The van der Waals surface area contributed by atoms with Gasteiger partial charge in [0.1, 0.15) is 5.82 Å². The average Bonchev–Trinajstić information content (AvgIpc) is 2.44. The van der Waals surface area contributed by atoms with Crippen LogP contribution in [0.15, 0.2) is 16.0 Å². The Kier molecular flexibility index (Phi) is 6.10. The Hall–Kier alpha value is -1.50. The van der Waals surface area contributed by atoms with Crippen LogP contribution in [0, 0.1) is 0 Å². The molecular formula is C14H22N4O2S. The third-order valence-electron chi connectivity index (χ3n) is 3.50. The van der Waals surface area contributed by atoms with Gasteiger partial charge in [0.05, 0.1) is 0 Å². The van der Waals surface area contributed by atoms with Crippen molar-refractivity contribution in [2.75, 3.05) is 11.5 Å². The predicted octanol–water partition coefficient (Wildman–Crippen LogP) is 1.67. The van der Waals surface area contributed by atoms with Crippen LogP contribution < -0.4 is 16.6 Å². The lowest BCUT2D eigenvalue weighted by Crippen LogP contribution is -2.36. The third-order valence-corrected chi connectivity index (χ3v) is 4.46. The Morgan fingerprint density at radius 2 is 2.19 bits per heavy atom. The van der Waals surface area contributed by atoms with Crippen molar-refractivity contribution in [2.24, 2.45) is 0 Å². The van der Waals surface area contributed by atoms with Crippen molar-refractivity contribution in [3.63, 3.8) is 0 Å². The lowest BCUT2D eigenvalue weighted by Gasteiger charge is -2.22. The van der Waals surface area contributed by atoms with Gasteiger partial charge < -0.3 is 16.0 Å². The van der Waals surface area contributed by atoms with Crippen LogP contribution in [0.3, 0.4) is 0 Å². The van der Waals surface area contributed by atoms with Gasteiger partial charge in [-0.3, -0.25) is 9.59 Å². The van der Waals surface area contributed by atoms with E-state index in [-0.39, 0.29) is 17.3 Å². The van der Waals surface area contributed by atoms with Gasteiger partial charge in [0.25, 0.3) is 5.56 Å². The van der Waals surface area contributed by atoms with Gasteiger partial charge in [-0.15, -0.1) is 0 Å². The third kappa shape index (κ3) is 5.79. The van der Waals surface area contributed by atoms with Crippen molar-refractivity contribution in [3.8, 4) is 0 Å². The number of thioether (sulfide) groups is 1. The smallest absolute Gasteiger partial charge is 0.253 e. The maximum Gasteiger partial charge on any atom is 0.253 e. The second-order valence-electron chi connectivity index (χ2n) is 5.33. The van der Waals surface area contributed by atoms with Gasteiger partial charge >= 0.3 is 0 Å². The first-order valence-corrected chi connectivity index (χ1v) is 8.41. The van der Waals surface area contributed by atoms with Crippen molar-refractivity contribution < 1.29 is 4.79 Å². The van der Waals surface area contributed by atoms with Gasteiger partial charge in [-0.1, -0.05) is 31.0 Å². The Bertz CT molecular complexity index is 526. The molecule has 0 spiro atoms. The summed E-state index contributed by atoms with van der Waals surface area (Å²) in [5.74, 6) is 1.07. The number of nitrogens with one attached hydrogen (secondary N) is 2. The van der Waals surface area contributed by atoms with E-state index in [2.05, 4.69) is 15.3 Å². The van der Waals surface area contributed by atoms with Crippen molar-refractivity contribution in [1.82, 2.24) is 15.3 Å². The maximum atomic E-state index is 11.8. The highest BCUT2D eigenvalue weighted by Gasteiger charge is 2.15. The number of carbonyl (C=O) groups excluding carboxylic acids is 1. The summed E-state index contributed by atoms with van der Waals surface area (Å²) in [7, 11) is 0. The summed E-state index contributed by atoms with van der Waals surface area (Å²) in [6.45, 7) is 0. The van der Waals surface area contributed by atoms with Crippen molar-refractivity contribution >= 4 is 23.5 Å². The summed E-state index contributed by atoms with van der Waals surface area (Å²) in [4.78, 5) is 29.7. The molecule has 1 saturated carbocycles. The zero-order valence-electron chi connectivity index (χ0n) is 12.1. The topological polar surface area (TPSA) is 101 Å². The molecule has 1 aliphatic rings. The van der Waals surface area contributed by atoms with Gasteiger partial charge in [0, 0.05) is 24.3 Å². The Balaban J connectivity index is 1.64. The fourth-order valence-corrected chi connectivity index (χ4v) is 3.29. The molecule has 0 unspecified atom stereocenters. The molecule has 4 N–H and O–H groups in total. The van der Waals surface area contributed by atoms with Crippen molar-refractivity contribution in [2.45, 2.75) is 56.1 Å². The van der Waals surface area contributed by atoms with Crippen LogP contribution in [0.25, 0.3) is 0 Å². The standard InChI is InChI=1S/C14H22N4O2S/c15-11-9-13(20)18-14(17-11)21-8-4-7-12(19)16-10-5-2-1-3-6-10/h9-10H,1-8H2,(H,16,19)(H3,15,17,18,20). The number of aromatic nitrogens is 2. The first kappa shape index (κ1) is 15.9. The first-order chi connectivity index (χ1) is 10.1. The number of nitrogens with two attached hydrogens (primary N) is 1. The number of amides is 1. The van der Waals surface area contributed by atoms with E-state index >= 15 is 0 Å². The fraction of sp³-hybridized carbons (Fsp3) is 0.643. The minimum atomic E-state index is -0.250. The molecule has 2 rings (SSSR count).